The number of oxime groups is 1. The molecule has 1 heterocycles. The minimum absolute atomic E-state index is 0.421. The van der Waals surface area contributed by atoms with Crippen molar-refractivity contribution in [1.82, 2.24) is 4.57 Å². The lowest BCUT2D eigenvalue weighted by atomic mass is 10.00. The molecule has 0 bridgehead atoms. The first-order chi connectivity index (χ1) is 12.1. The predicted molar refractivity (Wildman–Crippen MR) is 96.4 cm³/mol. The maximum atomic E-state index is 9.63. The minimum Gasteiger partial charge on any atom is -0.493 e. The minimum atomic E-state index is 0.421. The van der Waals surface area contributed by atoms with Crippen molar-refractivity contribution in [3.63, 3.8) is 0 Å². The van der Waals surface area contributed by atoms with Gasteiger partial charge >= 0.3 is 0 Å². The molecule has 0 aliphatic heterocycles. The van der Waals surface area contributed by atoms with Gasteiger partial charge in [0.05, 0.1) is 21.3 Å². The lowest BCUT2D eigenvalue weighted by Crippen LogP contribution is -2.06. The second-order valence-electron chi connectivity index (χ2n) is 5.56. The fourth-order valence-corrected chi connectivity index (χ4v) is 2.93. The van der Waals surface area contributed by atoms with Crippen LogP contribution < -0.4 is 14.2 Å². The molecule has 0 aliphatic rings. The number of rotatable bonds is 5. The van der Waals surface area contributed by atoms with E-state index in [4.69, 9.17) is 14.2 Å². The molecule has 130 valence electrons. The Morgan fingerprint density at radius 3 is 2.16 bits per heavy atom. The Morgan fingerprint density at radius 2 is 1.60 bits per heavy atom. The summed E-state index contributed by atoms with van der Waals surface area (Å²) in [5, 5.41) is 14.2. The number of aryl methyl sites for hydroxylation is 1. The zero-order valence-corrected chi connectivity index (χ0v) is 14.6. The van der Waals surface area contributed by atoms with Crippen LogP contribution in [0.2, 0.25) is 0 Å². The first-order valence-corrected chi connectivity index (χ1v) is 7.70. The summed E-state index contributed by atoms with van der Waals surface area (Å²) in [5.74, 6) is 1.49. The fraction of sp³-hybridized carbons (Fsp3) is 0.211. The topological polar surface area (TPSA) is 65.2 Å². The van der Waals surface area contributed by atoms with Crippen LogP contribution in [0, 0.1) is 0 Å². The van der Waals surface area contributed by atoms with Crippen LogP contribution >= 0.6 is 0 Å². The SMILES string of the molecule is COc1cc(/C(=N\O)c2ccc3c(ccn3C)c2)cc(OC)c1OC. The van der Waals surface area contributed by atoms with Gasteiger partial charge in [-0.2, -0.15) is 0 Å². The number of nitrogens with zero attached hydrogens (tertiary/aromatic N) is 2. The molecule has 0 atom stereocenters. The number of ether oxygens (including phenoxy) is 3. The van der Waals surface area contributed by atoms with Crippen LogP contribution in [0.1, 0.15) is 11.1 Å². The molecule has 0 spiro atoms. The second-order valence-corrected chi connectivity index (χ2v) is 5.56. The van der Waals surface area contributed by atoms with E-state index in [2.05, 4.69) is 5.16 Å². The first kappa shape index (κ1) is 16.7. The zero-order chi connectivity index (χ0) is 18.0. The van der Waals surface area contributed by atoms with Crippen molar-refractivity contribution in [2.24, 2.45) is 12.2 Å². The van der Waals surface area contributed by atoms with Gasteiger partial charge in [0.15, 0.2) is 11.5 Å². The molecule has 1 N–H and O–H groups in total. The maximum absolute atomic E-state index is 9.63. The van der Waals surface area contributed by atoms with E-state index in [1.807, 2.05) is 42.1 Å². The molecule has 0 aliphatic carbocycles. The molecule has 3 rings (SSSR count). The molecular weight excluding hydrogens is 320 g/mol. The van der Waals surface area contributed by atoms with E-state index >= 15 is 0 Å². The van der Waals surface area contributed by atoms with E-state index in [0.717, 1.165) is 16.5 Å². The highest BCUT2D eigenvalue weighted by Crippen LogP contribution is 2.39. The van der Waals surface area contributed by atoms with E-state index in [9.17, 15) is 5.21 Å². The number of fused-ring (bicyclic) bond motifs is 1. The summed E-state index contributed by atoms with van der Waals surface area (Å²) in [7, 11) is 6.63. The molecule has 0 radical (unpaired) electrons. The smallest absolute Gasteiger partial charge is 0.203 e. The average Bonchev–Trinajstić information content (AvgIpc) is 3.02. The zero-order valence-electron chi connectivity index (χ0n) is 14.6. The molecule has 0 amide bonds. The van der Waals surface area contributed by atoms with Crippen LogP contribution in [0.4, 0.5) is 0 Å². The third-order valence-electron chi connectivity index (χ3n) is 4.20. The van der Waals surface area contributed by atoms with Crippen LogP contribution in [0.5, 0.6) is 17.2 Å². The number of methoxy groups -OCH3 is 3. The van der Waals surface area contributed by atoms with Crippen LogP contribution in [0.25, 0.3) is 10.9 Å². The Kier molecular flexibility index (Phi) is 4.52. The Labute approximate surface area is 145 Å². The summed E-state index contributed by atoms with van der Waals surface area (Å²) in [5.41, 5.74) is 2.97. The summed E-state index contributed by atoms with van der Waals surface area (Å²) in [4.78, 5) is 0. The predicted octanol–water partition coefficient (Wildman–Crippen LogP) is 3.43. The fourth-order valence-electron chi connectivity index (χ4n) is 2.93. The molecule has 6 heteroatoms. The van der Waals surface area contributed by atoms with Crippen molar-refractivity contribution in [2.45, 2.75) is 0 Å². The van der Waals surface area contributed by atoms with Gasteiger partial charge in [-0.3, -0.25) is 0 Å². The van der Waals surface area contributed by atoms with Crippen LogP contribution in [-0.2, 0) is 7.05 Å². The van der Waals surface area contributed by atoms with Crippen LogP contribution in [-0.4, -0.2) is 36.8 Å². The molecule has 1 aromatic heterocycles. The second kappa shape index (κ2) is 6.76. The largest absolute Gasteiger partial charge is 0.493 e. The molecular formula is C19H20N2O4. The normalized spacial score (nSPS) is 11.6. The van der Waals surface area contributed by atoms with E-state index in [1.165, 1.54) is 0 Å². The van der Waals surface area contributed by atoms with Gasteiger partial charge in [-0.15, -0.1) is 0 Å². The molecule has 0 saturated carbocycles. The standard InChI is InChI=1S/C19H20N2O4/c1-21-8-7-12-9-13(5-6-15(12)21)18(20-22)14-10-16(23-2)19(25-4)17(11-14)24-3/h5-11,22H,1-4H3/b20-18-. The van der Waals surface area contributed by atoms with Crippen molar-refractivity contribution >= 4 is 16.6 Å². The molecule has 0 fully saturated rings. The van der Waals surface area contributed by atoms with Gasteiger partial charge in [0.25, 0.3) is 0 Å². The Bertz CT molecular complexity index is 919. The van der Waals surface area contributed by atoms with Crippen LogP contribution in [0.3, 0.4) is 0 Å². The highest BCUT2D eigenvalue weighted by Gasteiger charge is 2.18. The summed E-state index contributed by atoms with van der Waals surface area (Å²) in [6.07, 6.45) is 1.99. The average molecular weight is 340 g/mol. The van der Waals surface area contributed by atoms with Crippen molar-refractivity contribution < 1.29 is 19.4 Å². The van der Waals surface area contributed by atoms with Gasteiger partial charge in [-0.25, -0.2) is 0 Å². The van der Waals surface area contributed by atoms with E-state index < -0.39 is 0 Å². The Hall–Kier alpha value is -3.15. The highest BCUT2D eigenvalue weighted by molar-refractivity contribution is 6.14. The molecule has 6 nitrogen and oxygen atoms in total. The molecule has 3 aromatic rings. The number of hydrogen-bond acceptors (Lipinski definition) is 5. The van der Waals surface area contributed by atoms with Crippen molar-refractivity contribution in [3.8, 4) is 17.2 Å². The lowest BCUT2D eigenvalue weighted by Gasteiger charge is -2.15. The van der Waals surface area contributed by atoms with Gasteiger partial charge in [0.1, 0.15) is 5.71 Å². The van der Waals surface area contributed by atoms with Gasteiger partial charge in [0, 0.05) is 35.3 Å². The highest BCUT2D eigenvalue weighted by atomic mass is 16.5. The quantitative estimate of drug-likeness (QED) is 0.439. The van der Waals surface area contributed by atoms with Crippen molar-refractivity contribution in [2.75, 3.05) is 21.3 Å². The molecule has 0 unspecified atom stereocenters. The van der Waals surface area contributed by atoms with Gasteiger partial charge in [-0.1, -0.05) is 11.2 Å². The maximum Gasteiger partial charge on any atom is 0.203 e. The van der Waals surface area contributed by atoms with Gasteiger partial charge in [0.2, 0.25) is 5.75 Å². The van der Waals surface area contributed by atoms with E-state index in [1.54, 1.807) is 33.5 Å². The van der Waals surface area contributed by atoms with Gasteiger partial charge in [-0.05, 0) is 30.3 Å². The molecule has 2 aromatic carbocycles. The monoisotopic (exact) mass is 340 g/mol. The van der Waals surface area contributed by atoms with E-state index in [-0.39, 0.29) is 0 Å². The summed E-state index contributed by atoms with van der Waals surface area (Å²) < 4.78 is 18.1. The summed E-state index contributed by atoms with van der Waals surface area (Å²) in [6.45, 7) is 0. The Morgan fingerprint density at radius 1 is 0.920 bits per heavy atom. The summed E-state index contributed by atoms with van der Waals surface area (Å²) >= 11 is 0. The third kappa shape index (κ3) is 2.87. The van der Waals surface area contributed by atoms with Crippen LogP contribution in [0.15, 0.2) is 47.8 Å². The Balaban J connectivity index is 2.14. The number of hydrogen-bond donors (Lipinski definition) is 1. The number of benzene rings is 2. The van der Waals surface area contributed by atoms with E-state index in [0.29, 0.717) is 28.5 Å². The van der Waals surface area contributed by atoms with Crippen molar-refractivity contribution in [3.05, 3.63) is 53.7 Å². The molecule has 0 saturated heterocycles. The first-order valence-electron chi connectivity index (χ1n) is 7.70. The molecule has 25 heavy (non-hydrogen) atoms. The van der Waals surface area contributed by atoms with Gasteiger partial charge < -0.3 is 24.0 Å². The number of aromatic nitrogens is 1. The lowest BCUT2D eigenvalue weighted by molar-refractivity contribution is 0.318. The summed E-state index contributed by atoms with van der Waals surface area (Å²) in [6, 6.07) is 11.4. The third-order valence-corrected chi connectivity index (χ3v) is 4.20. The van der Waals surface area contributed by atoms with Crippen molar-refractivity contribution in [1.29, 1.82) is 0 Å².